The normalized spacial score (nSPS) is 14.0. The van der Waals surface area contributed by atoms with Crippen LogP contribution in [-0.4, -0.2) is 23.5 Å². The third-order valence-electron chi connectivity index (χ3n) is 4.98. The van der Waals surface area contributed by atoms with E-state index in [4.69, 9.17) is 9.47 Å². The minimum Gasteiger partial charge on any atom is -0.422 e. The van der Waals surface area contributed by atoms with Crippen molar-refractivity contribution in [3.63, 3.8) is 0 Å². The van der Waals surface area contributed by atoms with Gasteiger partial charge in [0.15, 0.2) is 11.5 Å². The topological polar surface area (TPSA) is 86.7 Å². The molecule has 0 amide bonds. The molecule has 0 bridgehead atoms. The summed E-state index contributed by atoms with van der Waals surface area (Å²) in [6.07, 6.45) is 0. The molecule has 0 fully saturated rings. The molecule has 0 spiro atoms. The smallest absolute Gasteiger partial charge is 0.308 e. The van der Waals surface area contributed by atoms with E-state index in [0.29, 0.717) is 11.1 Å². The van der Waals surface area contributed by atoms with Gasteiger partial charge in [-0.2, -0.15) is 0 Å². The fourth-order valence-corrected chi connectivity index (χ4v) is 3.89. The van der Waals surface area contributed by atoms with Gasteiger partial charge in [-0.15, -0.1) is 0 Å². The summed E-state index contributed by atoms with van der Waals surface area (Å²) in [4.78, 5) is 50.9. The lowest BCUT2D eigenvalue weighted by atomic mass is 9.85. The number of fused-ring (bicyclic) bond motifs is 1. The Bertz CT molecular complexity index is 1400. The lowest BCUT2D eigenvalue weighted by Gasteiger charge is -2.23. The Balaban J connectivity index is 1.97. The molecule has 33 heavy (non-hydrogen) atoms. The molecule has 7 heteroatoms. The van der Waals surface area contributed by atoms with Crippen molar-refractivity contribution >= 4 is 61.4 Å². The van der Waals surface area contributed by atoms with E-state index >= 15 is 0 Å². The van der Waals surface area contributed by atoms with Gasteiger partial charge >= 0.3 is 11.9 Å². The molecule has 0 heterocycles. The fraction of sp³-hybridized carbons (Fsp3) is 0.0769. The monoisotopic (exact) mass is 504 g/mol. The number of benzene rings is 3. The molecule has 1 aliphatic rings. The van der Waals surface area contributed by atoms with E-state index in [1.807, 2.05) is 24.3 Å². The highest BCUT2D eigenvalue weighted by Crippen LogP contribution is 2.38. The largest absolute Gasteiger partial charge is 0.422 e. The Morgan fingerprint density at radius 2 is 1.15 bits per heavy atom. The van der Waals surface area contributed by atoms with Crippen molar-refractivity contribution in [1.29, 1.82) is 0 Å². The van der Waals surface area contributed by atoms with Crippen LogP contribution in [0.2, 0.25) is 0 Å². The van der Waals surface area contributed by atoms with Gasteiger partial charge in [0, 0.05) is 18.3 Å². The van der Waals surface area contributed by atoms with Gasteiger partial charge in [0.25, 0.3) is 0 Å². The molecule has 4 rings (SSSR count). The van der Waals surface area contributed by atoms with Crippen molar-refractivity contribution in [3.8, 4) is 0 Å². The first-order valence-corrected chi connectivity index (χ1v) is 10.8. The van der Waals surface area contributed by atoms with Crippen molar-refractivity contribution in [1.82, 2.24) is 0 Å². The van der Waals surface area contributed by atoms with E-state index in [9.17, 15) is 19.2 Å². The van der Waals surface area contributed by atoms with E-state index in [1.54, 1.807) is 42.5 Å². The minimum absolute atomic E-state index is 0.141. The van der Waals surface area contributed by atoms with Crippen LogP contribution in [0, 0.1) is 0 Å². The van der Waals surface area contributed by atoms with Crippen LogP contribution in [0.5, 0.6) is 0 Å². The Morgan fingerprint density at radius 3 is 1.70 bits per heavy atom. The number of ether oxygens (including phenoxy) is 2. The summed E-state index contributed by atoms with van der Waals surface area (Å²) >= 11 is 3.32. The van der Waals surface area contributed by atoms with E-state index in [2.05, 4.69) is 15.9 Å². The first-order chi connectivity index (χ1) is 15.8. The number of esters is 2. The first-order valence-electron chi connectivity index (χ1n) is 9.96. The van der Waals surface area contributed by atoms with Crippen LogP contribution in [0.3, 0.4) is 0 Å². The van der Waals surface area contributed by atoms with Gasteiger partial charge in [0.1, 0.15) is 0 Å². The number of allylic oxidation sites excluding steroid dienone is 2. The molecule has 164 valence electrons. The molecule has 0 atom stereocenters. The zero-order chi connectivity index (χ0) is 23.7. The second-order valence-electron chi connectivity index (χ2n) is 7.32. The molecule has 0 saturated heterocycles. The molecule has 1 aliphatic carbocycles. The van der Waals surface area contributed by atoms with Gasteiger partial charge in [-0.05, 0) is 40.1 Å². The van der Waals surface area contributed by atoms with Crippen molar-refractivity contribution in [2.45, 2.75) is 13.8 Å². The van der Waals surface area contributed by atoms with Crippen molar-refractivity contribution in [3.05, 3.63) is 93.8 Å². The number of rotatable bonds is 4. The molecule has 0 aromatic heterocycles. The number of carbonyl (C=O) groups excluding carboxylic acids is 4. The number of Topliss-reactive ketones (excluding diaryl/α,β-unsaturated/α-hetero) is 2. The molecular weight excluding hydrogens is 488 g/mol. The highest BCUT2D eigenvalue weighted by Gasteiger charge is 2.40. The summed E-state index contributed by atoms with van der Waals surface area (Å²) in [6.45, 7) is 2.29. The first kappa shape index (κ1) is 22.4. The van der Waals surface area contributed by atoms with Crippen LogP contribution in [-0.2, 0) is 28.7 Å². The summed E-state index contributed by atoms with van der Waals surface area (Å²) in [6, 6.07) is 19.2. The minimum atomic E-state index is -0.755. The lowest BCUT2D eigenvalue weighted by molar-refractivity contribution is -0.141. The van der Waals surface area contributed by atoms with Crippen LogP contribution >= 0.6 is 15.9 Å². The van der Waals surface area contributed by atoms with E-state index in [1.165, 1.54) is 0 Å². The highest BCUT2D eigenvalue weighted by atomic mass is 79.9. The average Bonchev–Trinajstić information content (AvgIpc) is 2.77. The van der Waals surface area contributed by atoms with Crippen LogP contribution in [0.25, 0.3) is 21.9 Å². The SMILES string of the molecule is CC(=O)OC1=C(c2ccc(Br)cc2)C(=O)C(OC(C)=O)=C(c2ccc3ccccc3c2)C1=O. The van der Waals surface area contributed by atoms with E-state index in [0.717, 1.165) is 29.1 Å². The maximum absolute atomic E-state index is 13.6. The number of hydrogen-bond donors (Lipinski definition) is 0. The Kier molecular flexibility index (Phi) is 6.07. The molecule has 0 aliphatic heterocycles. The molecule has 0 saturated carbocycles. The summed E-state index contributed by atoms with van der Waals surface area (Å²) in [5.41, 5.74) is 0.416. The number of ketones is 2. The van der Waals surface area contributed by atoms with Crippen LogP contribution in [0.1, 0.15) is 25.0 Å². The summed E-state index contributed by atoms with van der Waals surface area (Å²) < 4.78 is 11.3. The number of carbonyl (C=O) groups is 4. The van der Waals surface area contributed by atoms with E-state index in [-0.39, 0.29) is 11.1 Å². The van der Waals surface area contributed by atoms with Crippen molar-refractivity contribution in [2.75, 3.05) is 0 Å². The second kappa shape index (κ2) is 8.96. The standard InChI is InChI=1S/C26H17BrO6/c1-14(28)32-25-21(17-9-11-20(27)12-10-17)23(30)26(33-15(2)29)22(24(25)31)19-8-7-16-5-3-4-6-18(16)13-19/h3-13H,1-2H3. The van der Waals surface area contributed by atoms with Crippen molar-refractivity contribution in [2.24, 2.45) is 0 Å². The molecule has 6 nitrogen and oxygen atoms in total. The van der Waals surface area contributed by atoms with E-state index < -0.39 is 35.0 Å². The second-order valence-corrected chi connectivity index (χ2v) is 8.24. The maximum atomic E-state index is 13.6. The summed E-state index contributed by atoms with van der Waals surface area (Å²) in [5, 5.41) is 1.75. The molecule has 3 aromatic carbocycles. The molecular formula is C26H17BrO6. The Morgan fingerprint density at radius 1 is 0.667 bits per heavy atom. The molecule has 3 aromatic rings. The third-order valence-corrected chi connectivity index (χ3v) is 5.51. The van der Waals surface area contributed by atoms with Crippen LogP contribution < -0.4 is 0 Å². The van der Waals surface area contributed by atoms with Gasteiger partial charge in [-0.25, -0.2) is 0 Å². The van der Waals surface area contributed by atoms with Crippen molar-refractivity contribution < 1.29 is 28.7 Å². The fourth-order valence-electron chi connectivity index (χ4n) is 3.63. The van der Waals surface area contributed by atoms with Gasteiger partial charge in [-0.1, -0.05) is 64.5 Å². The van der Waals surface area contributed by atoms with Gasteiger partial charge in [-0.3, -0.25) is 19.2 Å². The predicted octanol–water partition coefficient (Wildman–Crippen LogP) is 5.00. The third kappa shape index (κ3) is 4.40. The number of hydrogen-bond acceptors (Lipinski definition) is 6. The lowest BCUT2D eigenvalue weighted by Crippen LogP contribution is -2.27. The average molecular weight is 505 g/mol. The quantitative estimate of drug-likeness (QED) is 0.367. The van der Waals surface area contributed by atoms with Gasteiger partial charge in [0.05, 0.1) is 11.1 Å². The zero-order valence-corrected chi connectivity index (χ0v) is 19.3. The Hall–Kier alpha value is -3.84. The molecule has 0 unspecified atom stereocenters. The molecule has 0 radical (unpaired) electrons. The van der Waals surface area contributed by atoms with Gasteiger partial charge < -0.3 is 9.47 Å². The number of halogens is 1. The zero-order valence-electron chi connectivity index (χ0n) is 17.7. The Labute approximate surface area is 197 Å². The van der Waals surface area contributed by atoms with Crippen LogP contribution in [0.15, 0.2) is 82.7 Å². The van der Waals surface area contributed by atoms with Gasteiger partial charge in [0.2, 0.25) is 11.6 Å². The maximum Gasteiger partial charge on any atom is 0.308 e. The van der Waals surface area contributed by atoms with Crippen LogP contribution in [0.4, 0.5) is 0 Å². The predicted molar refractivity (Wildman–Crippen MR) is 125 cm³/mol. The summed E-state index contributed by atoms with van der Waals surface area (Å²) in [7, 11) is 0. The highest BCUT2D eigenvalue weighted by molar-refractivity contribution is 9.10. The molecule has 0 N–H and O–H groups in total. The summed E-state index contributed by atoms with van der Waals surface area (Å²) in [5.74, 6) is -3.78.